The molecule has 11 heteroatoms. The van der Waals surface area contributed by atoms with Crippen LogP contribution in [-0.2, 0) is 16.6 Å². The van der Waals surface area contributed by atoms with Crippen LogP contribution in [0.15, 0.2) is 82.1 Å². The molecule has 1 N–H and O–H groups in total. The molecule has 0 unspecified atom stereocenters. The number of aromatic nitrogens is 2. The molecule has 0 bridgehead atoms. The van der Waals surface area contributed by atoms with E-state index in [1.165, 1.54) is 49.8 Å². The zero-order chi connectivity index (χ0) is 25.7. The highest BCUT2D eigenvalue weighted by molar-refractivity contribution is 7.89. The molecule has 0 saturated carbocycles. The number of amides is 1. The maximum atomic E-state index is 12.9. The Hall–Kier alpha value is -4.22. The van der Waals surface area contributed by atoms with Gasteiger partial charge in [0.15, 0.2) is 0 Å². The van der Waals surface area contributed by atoms with Crippen LogP contribution in [0.25, 0.3) is 11.5 Å². The highest BCUT2D eigenvalue weighted by Crippen LogP contribution is 2.33. The molecule has 36 heavy (non-hydrogen) atoms. The first kappa shape index (κ1) is 24.9. The highest BCUT2D eigenvalue weighted by atomic mass is 32.2. The lowest BCUT2D eigenvalue weighted by Crippen LogP contribution is -2.26. The number of sulfonamides is 1. The van der Waals surface area contributed by atoms with Crippen molar-refractivity contribution >= 4 is 21.9 Å². The molecule has 10 nitrogen and oxygen atoms in total. The largest absolute Gasteiger partial charge is 0.497 e. The van der Waals surface area contributed by atoms with E-state index in [-0.39, 0.29) is 28.9 Å². The van der Waals surface area contributed by atoms with Gasteiger partial charge in [0.2, 0.25) is 10.0 Å². The van der Waals surface area contributed by atoms with Crippen LogP contribution >= 0.6 is 0 Å². The van der Waals surface area contributed by atoms with Gasteiger partial charge in [0.05, 0.1) is 24.7 Å². The molecule has 1 amide bonds. The van der Waals surface area contributed by atoms with Gasteiger partial charge in [-0.05, 0) is 48.0 Å². The summed E-state index contributed by atoms with van der Waals surface area (Å²) in [6.07, 6.45) is 0. The minimum atomic E-state index is -3.74. The molecule has 0 atom stereocenters. The van der Waals surface area contributed by atoms with Crippen molar-refractivity contribution in [3.8, 4) is 23.0 Å². The molecular formula is C25H24N4O6S. The van der Waals surface area contributed by atoms with E-state index in [1.807, 2.05) is 30.3 Å². The molecule has 0 aliphatic heterocycles. The Labute approximate surface area is 208 Å². The summed E-state index contributed by atoms with van der Waals surface area (Å²) in [7, 11) is 0.806. The van der Waals surface area contributed by atoms with Gasteiger partial charge in [0.25, 0.3) is 11.8 Å². The maximum absolute atomic E-state index is 12.9. The van der Waals surface area contributed by atoms with Crippen LogP contribution in [0.5, 0.6) is 11.5 Å². The van der Waals surface area contributed by atoms with Crippen LogP contribution < -0.4 is 14.8 Å². The Morgan fingerprint density at radius 2 is 1.69 bits per heavy atom. The summed E-state index contributed by atoms with van der Waals surface area (Å²) in [5.41, 5.74) is 1.59. The Kier molecular flexibility index (Phi) is 7.32. The zero-order valence-corrected chi connectivity index (χ0v) is 20.7. The predicted octanol–water partition coefficient (Wildman–Crippen LogP) is 3.83. The van der Waals surface area contributed by atoms with Gasteiger partial charge in [-0.3, -0.25) is 10.1 Å². The van der Waals surface area contributed by atoms with Crippen LogP contribution in [0.1, 0.15) is 15.9 Å². The van der Waals surface area contributed by atoms with Gasteiger partial charge in [-0.15, -0.1) is 5.10 Å². The number of nitrogens with zero attached hydrogens (tertiary/aromatic N) is 3. The average molecular weight is 509 g/mol. The number of rotatable bonds is 9. The van der Waals surface area contributed by atoms with Crippen LogP contribution in [0, 0.1) is 0 Å². The first-order chi connectivity index (χ1) is 17.3. The first-order valence-electron chi connectivity index (χ1n) is 10.8. The standard InChI is InChI=1S/C25H24N4O6S/c1-29(16-17-7-5-4-6-8-17)36(31,32)20-12-9-18(10-13-20)23(30)26-25-28-27-24(35-25)21-15-19(33-2)11-14-22(21)34-3/h4-15H,16H2,1-3H3,(H,26,28,30). The summed E-state index contributed by atoms with van der Waals surface area (Å²) in [6.45, 7) is 0.225. The van der Waals surface area contributed by atoms with E-state index in [9.17, 15) is 13.2 Å². The zero-order valence-electron chi connectivity index (χ0n) is 19.8. The normalized spacial score (nSPS) is 11.3. The van der Waals surface area contributed by atoms with Gasteiger partial charge >= 0.3 is 6.01 Å². The van der Waals surface area contributed by atoms with Gasteiger partial charge in [-0.1, -0.05) is 35.4 Å². The molecule has 1 heterocycles. The second-order valence-corrected chi connectivity index (χ2v) is 9.75. The van der Waals surface area contributed by atoms with Crippen LogP contribution in [0.3, 0.4) is 0 Å². The topological polar surface area (TPSA) is 124 Å². The van der Waals surface area contributed by atoms with Gasteiger partial charge in [0.1, 0.15) is 11.5 Å². The molecule has 1 aromatic heterocycles. The van der Waals surface area contributed by atoms with Crippen LogP contribution in [-0.4, -0.2) is 50.1 Å². The fourth-order valence-electron chi connectivity index (χ4n) is 3.42. The van der Waals surface area contributed by atoms with E-state index < -0.39 is 15.9 Å². The number of nitrogens with one attached hydrogen (secondary N) is 1. The lowest BCUT2D eigenvalue weighted by Gasteiger charge is -2.17. The van der Waals surface area contributed by atoms with Crippen molar-refractivity contribution in [3.05, 3.63) is 83.9 Å². The van der Waals surface area contributed by atoms with Crippen molar-refractivity contribution in [2.24, 2.45) is 0 Å². The van der Waals surface area contributed by atoms with Crippen molar-refractivity contribution < 1.29 is 27.1 Å². The third kappa shape index (κ3) is 5.37. The second-order valence-electron chi connectivity index (χ2n) is 7.70. The van der Waals surface area contributed by atoms with Gasteiger partial charge in [-0.2, -0.15) is 4.31 Å². The minimum absolute atomic E-state index is 0.0719. The molecule has 4 aromatic rings. The molecule has 0 aliphatic carbocycles. The van der Waals surface area contributed by atoms with Gasteiger partial charge < -0.3 is 13.9 Å². The summed E-state index contributed by atoms with van der Waals surface area (Å²) in [5.74, 6) is 0.652. The monoisotopic (exact) mass is 508 g/mol. The fourth-order valence-corrected chi connectivity index (χ4v) is 4.58. The van der Waals surface area contributed by atoms with Crippen LogP contribution in [0.4, 0.5) is 6.01 Å². The van der Waals surface area contributed by atoms with Crippen molar-refractivity contribution in [3.63, 3.8) is 0 Å². The second kappa shape index (κ2) is 10.6. The van der Waals surface area contributed by atoms with E-state index in [2.05, 4.69) is 15.5 Å². The molecule has 3 aromatic carbocycles. The number of hydrogen-bond acceptors (Lipinski definition) is 8. The van der Waals surface area contributed by atoms with E-state index in [1.54, 1.807) is 18.2 Å². The Bertz CT molecular complexity index is 1450. The Balaban J connectivity index is 1.46. The number of carbonyl (C=O) groups is 1. The summed E-state index contributed by atoms with van der Waals surface area (Å²) in [5, 5.41) is 10.3. The molecule has 0 saturated heterocycles. The Morgan fingerprint density at radius 3 is 2.36 bits per heavy atom. The lowest BCUT2D eigenvalue weighted by molar-refractivity contribution is 0.102. The van der Waals surface area contributed by atoms with E-state index in [0.29, 0.717) is 17.1 Å². The number of carbonyl (C=O) groups excluding carboxylic acids is 1. The highest BCUT2D eigenvalue weighted by Gasteiger charge is 2.22. The van der Waals surface area contributed by atoms with E-state index in [4.69, 9.17) is 13.9 Å². The van der Waals surface area contributed by atoms with Crippen LogP contribution in [0.2, 0.25) is 0 Å². The third-order valence-corrected chi connectivity index (χ3v) is 7.17. The molecule has 0 aliphatic rings. The quantitative estimate of drug-likeness (QED) is 0.362. The molecule has 0 fully saturated rings. The average Bonchev–Trinajstić information content (AvgIpc) is 3.37. The summed E-state index contributed by atoms with van der Waals surface area (Å²) in [6, 6.07) is 19.8. The van der Waals surface area contributed by atoms with Crippen molar-refractivity contribution in [2.45, 2.75) is 11.4 Å². The summed E-state index contributed by atoms with van der Waals surface area (Å²) < 4.78 is 43.2. The van der Waals surface area contributed by atoms with E-state index in [0.717, 1.165) is 5.56 Å². The number of hydrogen-bond donors (Lipinski definition) is 1. The predicted molar refractivity (Wildman–Crippen MR) is 132 cm³/mol. The van der Waals surface area contributed by atoms with E-state index >= 15 is 0 Å². The molecule has 0 spiro atoms. The number of anilines is 1. The molecular weight excluding hydrogens is 484 g/mol. The lowest BCUT2D eigenvalue weighted by atomic mass is 10.2. The van der Waals surface area contributed by atoms with Crippen molar-refractivity contribution in [1.29, 1.82) is 0 Å². The first-order valence-corrected chi connectivity index (χ1v) is 12.2. The molecule has 186 valence electrons. The number of methoxy groups -OCH3 is 2. The molecule has 4 rings (SSSR count). The SMILES string of the molecule is COc1ccc(OC)c(-c2nnc(NC(=O)c3ccc(S(=O)(=O)N(C)Cc4ccccc4)cc3)o2)c1. The van der Waals surface area contributed by atoms with Crippen molar-refractivity contribution in [1.82, 2.24) is 14.5 Å². The fraction of sp³-hybridized carbons (Fsp3) is 0.160. The Morgan fingerprint density at radius 1 is 0.972 bits per heavy atom. The molecule has 0 radical (unpaired) electrons. The summed E-state index contributed by atoms with van der Waals surface area (Å²) >= 11 is 0. The third-order valence-electron chi connectivity index (χ3n) is 5.36. The van der Waals surface area contributed by atoms with Crippen molar-refractivity contribution in [2.75, 3.05) is 26.6 Å². The number of benzene rings is 3. The maximum Gasteiger partial charge on any atom is 0.322 e. The minimum Gasteiger partial charge on any atom is -0.497 e. The van der Waals surface area contributed by atoms with Gasteiger partial charge in [-0.25, -0.2) is 8.42 Å². The number of ether oxygens (including phenoxy) is 2. The van der Waals surface area contributed by atoms with Gasteiger partial charge in [0, 0.05) is 19.2 Å². The smallest absolute Gasteiger partial charge is 0.322 e. The summed E-state index contributed by atoms with van der Waals surface area (Å²) in [4.78, 5) is 12.7.